The highest BCUT2D eigenvalue weighted by molar-refractivity contribution is 5.87. The molecule has 0 atom stereocenters. The summed E-state index contributed by atoms with van der Waals surface area (Å²) in [5, 5.41) is 0. The molecule has 0 saturated carbocycles. The highest BCUT2D eigenvalue weighted by Crippen LogP contribution is 2.38. The number of hydrogen-bond donors (Lipinski definition) is 0. The third kappa shape index (κ3) is 10.9. The standard InChI is InChI=1S/C67H76N6/c1-2-38-68(37-1)59-25-13-53(14-26-59)65(54-15-27-60(28-16-54)69-39-3-4-40-69)49-52(50-66(55-17-29-61(30-18-55)70-41-5-6-42-70)56-19-31-62(32-20-56)71-43-7-8-44-71)51-67(57-21-33-63(34-22-57)72-45-9-10-46-72)58-23-35-64(36-24-58)73-47-11-12-48-73/h13-36,49-52H,1-12,37-48H2. The summed E-state index contributed by atoms with van der Waals surface area (Å²) in [5.41, 5.74) is 19.3. The van der Waals surface area contributed by atoms with E-state index in [1.807, 2.05) is 0 Å². The van der Waals surface area contributed by atoms with Gasteiger partial charge in [-0.05, 0) is 200 Å². The van der Waals surface area contributed by atoms with Crippen LogP contribution in [0.15, 0.2) is 164 Å². The van der Waals surface area contributed by atoms with Crippen molar-refractivity contribution in [3.8, 4) is 0 Å². The summed E-state index contributed by atoms with van der Waals surface area (Å²) in [7, 11) is 0. The Labute approximate surface area is 436 Å². The Morgan fingerprint density at radius 3 is 0.493 bits per heavy atom. The Hall–Kier alpha value is -6.66. The van der Waals surface area contributed by atoms with Gasteiger partial charge in [0.1, 0.15) is 0 Å². The van der Waals surface area contributed by atoms with E-state index in [-0.39, 0.29) is 5.92 Å². The average molecular weight is 965 g/mol. The summed E-state index contributed by atoms with van der Waals surface area (Å²) in [4.78, 5) is 15.3. The van der Waals surface area contributed by atoms with Gasteiger partial charge in [-0.3, -0.25) is 0 Å². The van der Waals surface area contributed by atoms with Crippen LogP contribution in [0.5, 0.6) is 0 Å². The second-order valence-electron chi connectivity index (χ2n) is 21.8. The minimum Gasteiger partial charge on any atom is -0.372 e. The second kappa shape index (κ2) is 22.2. The minimum absolute atomic E-state index is 0.0930. The molecule has 0 amide bonds. The molecule has 6 nitrogen and oxygen atoms in total. The zero-order valence-electron chi connectivity index (χ0n) is 43.3. The summed E-state index contributed by atoms with van der Waals surface area (Å²) >= 11 is 0. The molecule has 0 spiro atoms. The maximum atomic E-state index is 2.59. The lowest BCUT2D eigenvalue weighted by atomic mass is 9.87. The zero-order chi connectivity index (χ0) is 48.8. The van der Waals surface area contributed by atoms with Crippen LogP contribution >= 0.6 is 0 Å². The van der Waals surface area contributed by atoms with Gasteiger partial charge in [-0.25, -0.2) is 0 Å². The molecular weight excluding hydrogens is 889 g/mol. The molecular formula is C67H76N6. The fraction of sp³-hybridized carbons (Fsp3) is 0.373. The van der Waals surface area contributed by atoms with Gasteiger partial charge in [-0.15, -0.1) is 0 Å². The second-order valence-corrected chi connectivity index (χ2v) is 21.8. The molecule has 6 aliphatic rings. The van der Waals surface area contributed by atoms with Crippen LogP contribution in [-0.2, 0) is 0 Å². The molecule has 6 aromatic carbocycles. The van der Waals surface area contributed by atoms with E-state index in [4.69, 9.17) is 0 Å². The summed E-state index contributed by atoms with van der Waals surface area (Å²) in [5.74, 6) is -0.0930. The Bertz CT molecular complexity index is 2320. The van der Waals surface area contributed by atoms with E-state index in [0.717, 1.165) is 78.5 Å². The van der Waals surface area contributed by atoms with E-state index in [0.29, 0.717) is 0 Å². The molecule has 12 rings (SSSR count). The van der Waals surface area contributed by atoms with Gasteiger partial charge in [0.05, 0.1) is 0 Å². The van der Waals surface area contributed by atoms with Gasteiger partial charge in [-0.2, -0.15) is 0 Å². The van der Waals surface area contributed by atoms with Crippen LogP contribution in [0.4, 0.5) is 34.1 Å². The van der Waals surface area contributed by atoms with Crippen molar-refractivity contribution in [1.82, 2.24) is 0 Å². The van der Waals surface area contributed by atoms with Crippen LogP contribution < -0.4 is 29.4 Å². The number of hydrogen-bond acceptors (Lipinski definition) is 6. The van der Waals surface area contributed by atoms with E-state index in [1.165, 1.54) is 161 Å². The first-order valence-corrected chi connectivity index (χ1v) is 28.4. The quantitative estimate of drug-likeness (QED) is 0.101. The van der Waals surface area contributed by atoms with Gasteiger partial charge >= 0.3 is 0 Å². The van der Waals surface area contributed by atoms with Crippen LogP contribution in [-0.4, -0.2) is 78.5 Å². The third-order valence-corrected chi connectivity index (χ3v) is 17.0. The van der Waals surface area contributed by atoms with Gasteiger partial charge in [0.2, 0.25) is 0 Å². The molecule has 6 aliphatic heterocycles. The molecule has 0 bridgehead atoms. The molecule has 0 radical (unpaired) electrons. The molecule has 0 unspecified atom stereocenters. The first-order valence-electron chi connectivity index (χ1n) is 28.4. The minimum atomic E-state index is -0.0930. The SMILES string of the molecule is C(=C(c1ccc(N2CCCC2)cc1)c1ccc(N2CCCC2)cc1)C(C=C(c1ccc(N2CCCC2)cc1)c1ccc(N2CCCC2)cc1)C=C(c1ccc(N2CCCC2)cc1)c1ccc(N2CCCC2)cc1. The van der Waals surface area contributed by atoms with Crippen LogP contribution in [0.2, 0.25) is 0 Å². The smallest absolute Gasteiger partial charge is 0.0366 e. The van der Waals surface area contributed by atoms with Gasteiger partial charge in [0, 0.05) is 119 Å². The van der Waals surface area contributed by atoms with Crippen molar-refractivity contribution in [3.63, 3.8) is 0 Å². The number of allylic oxidation sites excluding steroid dienone is 3. The van der Waals surface area contributed by atoms with Crippen LogP contribution in [0, 0.1) is 5.92 Å². The molecule has 0 N–H and O–H groups in total. The van der Waals surface area contributed by atoms with Crippen molar-refractivity contribution in [2.45, 2.75) is 77.0 Å². The number of benzene rings is 6. The van der Waals surface area contributed by atoms with Gasteiger partial charge in [0.25, 0.3) is 0 Å². The highest BCUT2D eigenvalue weighted by atomic mass is 15.2. The normalized spacial score (nSPS) is 17.9. The van der Waals surface area contributed by atoms with Gasteiger partial charge < -0.3 is 29.4 Å². The van der Waals surface area contributed by atoms with Gasteiger partial charge in [0.15, 0.2) is 0 Å². The summed E-state index contributed by atoms with van der Waals surface area (Å²) in [6.07, 6.45) is 23.0. The van der Waals surface area contributed by atoms with Crippen LogP contribution in [0.1, 0.15) is 110 Å². The third-order valence-electron chi connectivity index (χ3n) is 17.0. The Kier molecular flexibility index (Phi) is 14.4. The predicted molar refractivity (Wildman–Crippen MR) is 312 cm³/mol. The molecule has 6 fully saturated rings. The lowest BCUT2D eigenvalue weighted by Gasteiger charge is -2.22. The fourth-order valence-electron chi connectivity index (χ4n) is 12.8. The molecule has 374 valence electrons. The van der Waals surface area contributed by atoms with E-state index in [2.05, 4.69) is 193 Å². The van der Waals surface area contributed by atoms with E-state index < -0.39 is 0 Å². The highest BCUT2D eigenvalue weighted by Gasteiger charge is 2.21. The monoisotopic (exact) mass is 965 g/mol. The zero-order valence-corrected chi connectivity index (χ0v) is 43.3. The molecule has 6 heteroatoms. The number of nitrogens with zero attached hydrogens (tertiary/aromatic N) is 6. The maximum Gasteiger partial charge on any atom is 0.0366 e. The fourth-order valence-corrected chi connectivity index (χ4v) is 12.8. The first-order chi connectivity index (χ1) is 36.1. The topological polar surface area (TPSA) is 19.4 Å². The van der Waals surface area contributed by atoms with E-state index in [9.17, 15) is 0 Å². The molecule has 6 heterocycles. The Morgan fingerprint density at radius 2 is 0.356 bits per heavy atom. The predicted octanol–water partition coefficient (Wildman–Crippen LogP) is 14.6. The summed E-state index contributed by atoms with van der Waals surface area (Å²) in [6, 6.07) is 57.2. The van der Waals surface area contributed by atoms with Crippen LogP contribution in [0.3, 0.4) is 0 Å². The van der Waals surface area contributed by atoms with Crippen molar-refractivity contribution in [1.29, 1.82) is 0 Å². The van der Waals surface area contributed by atoms with Crippen LogP contribution in [0.25, 0.3) is 16.7 Å². The van der Waals surface area contributed by atoms with E-state index >= 15 is 0 Å². The van der Waals surface area contributed by atoms with Crippen molar-refractivity contribution in [2.75, 3.05) is 108 Å². The summed E-state index contributed by atoms with van der Waals surface area (Å²) < 4.78 is 0. The van der Waals surface area contributed by atoms with E-state index in [1.54, 1.807) is 0 Å². The van der Waals surface area contributed by atoms with Crippen molar-refractivity contribution >= 4 is 50.8 Å². The molecule has 0 aromatic heterocycles. The summed E-state index contributed by atoms with van der Waals surface area (Å²) in [6.45, 7) is 13.7. The number of anilines is 6. The lowest BCUT2D eigenvalue weighted by Crippen LogP contribution is -2.17. The van der Waals surface area contributed by atoms with Gasteiger partial charge in [-0.1, -0.05) is 91.0 Å². The molecule has 0 aliphatic carbocycles. The number of rotatable bonds is 15. The first kappa shape index (κ1) is 47.4. The van der Waals surface area contributed by atoms with Crippen molar-refractivity contribution in [3.05, 3.63) is 197 Å². The largest absolute Gasteiger partial charge is 0.372 e. The van der Waals surface area contributed by atoms with Crippen molar-refractivity contribution < 1.29 is 0 Å². The van der Waals surface area contributed by atoms with Crippen molar-refractivity contribution in [2.24, 2.45) is 5.92 Å². The molecule has 6 saturated heterocycles. The lowest BCUT2D eigenvalue weighted by molar-refractivity contribution is 0.949. The molecule has 6 aromatic rings. The molecule has 73 heavy (non-hydrogen) atoms. The maximum absolute atomic E-state index is 2.59. The Balaban J connectivity index is 1.05. The average Bonchev–Trinajstić information content (AvgIpc) is 4.31. The Morgan fingerprint density at radius 1 is 0.219 bits per heavy atom.